The lowest BCUT2D eigenvalue weighted by Gasteiger charge is -2.16. The number of carbonyl (C=O) groups is 1. The number of carboxylic acid groups (broad SMARTS) is 1. The Labute approximate surface area is 179 Å². The molecule has 2 N–H and O–H groups in total. The van der Waals surface area contributed by atoms with Crippen LogP contribution in [0.3, 0.4) is 0 Å². The minimum Gasteiger partial charge on any atom is -0.493 e. The molecule has 3 aromatic rings. The van der Waals surface area contributed by atoms with Crippen molar-refractivity contribution in [1.29, 1.82) is 0 Å². The third kappa shape index (κ3) is 4.63. The van der Waals surface area contributed by atoms with E-state index in [0.717, 1.165) is 16.7 Å². The van der Waals surface area contributed by atoms with Gasteiger partial charge in [-0.1, -0.05) is 36.4 Å². The molecule has 4 rings (SSSR count). The van der Waals surface area contributed by atoms with Crippen molar-refractivity contribution in [3.05, 3.63) is 66.2 Å². The van der Waals surface area contributed by atoms with Crippen molar-refractivity contribution in [3.63, 3.8) is 0 Å². The molecule has 0 radical (unpaired) electrons. The Hall–Kier alpha value is -2.90. The van der Waals surface area contributed by atoms with E-state index in [1.165, 1.54) is 5.39 Å². The molecule has 0 saturated carbocycles. The van der Waals surface area contributed by atoms with Gasteiger partial charge in [0.2, 0.25) is 0 Å². The Bertz CT molecular complexity index is 1040. The second-order valence-corrected chi connectivity index (χ2v) is 8.03. The summed E-state index contributed by atoms with van der Waals surface area (Å²) in [5.41, 5.74) is 0.954. The molecule has 0 bridgehead atoms. The first-order chi connectivity index (χ1) is 14.6. The van der Waals surface area contributed by atoms with Crippen molar-refractivity contribution >= 4 is 28.5 Å². The highest BCUT2D eigenvalue weighted by Crippen LogP contribution is 2.37. The molecule has 0 spiro atoms. The maximum Gasteiger partial charge on any atom is 0.321 e. The largest absolute Gasteiger partial charge is 0.493 e. The molecule has 6 nitrogen and oxygen atoms in total. The van der Waals surface area contributed by atoms with Gasteiger partial charge >= 0.3 is 5.97 Å². The highest BCUT2D eigenvalue weighted by atomic mass is 32.2. The third-order valence-corrected chi connectivity index (χ3v) is 6.17. The molecule has 1 saturated heterocycles. The number of carboxylic acids is 1. The van der Waals surface area contributed by atoms with Gasteiger partial charge in [-0.15, -0.1) is 11.8 Å². The number of methoxy groups -OCH3 is 1. The molecular formula is C23H23NO5S. The summed E-state index contributed by atoms with van der Waals surface area (Å²) in [6.45, 7) is 0.749. The van der Waals surface area contributed by atoms with Gasteiger partial charge in [0.15, 0.2) is 11.5 Å². The maximum atomic E-state index is 11.2. The Morgan fingerprint density at radius 3 is 2.60 bits per heavy atom. The standard InChI is InChI=1S/C23H23NO5S/c1-27-20-9-7-17(22-24-19(14-30-22)23(25)26)13-21(20)29-11-10-28-18-8-6-15-4-2-3-5-16(15)12-18/h2-9,12-13,19,22,24H,10-11,14H2,1H3,(H,25,26). The van der Waals surface area contributed by atoms with Gasteiger partial charge < -0.3 is 19.3 Å². The first-order valence-corrected chi connectivity index (χ1v) is 10.7. The molecule has 7 heteroatoms. The maximum absolute atomic E-state index is 11.2. The van der Waals surface area contributed by atoms with Crippen LogP contribution in [0.5, 0.6) is 17.2 Å². The Morgan fingerprint density at radius 2 is 1.83 bits per heavy atom. The van der Waals surface area contributed by atoms with E-state index in [4.69, 9.17) is 14.2 Å². The Kier molecular flexibility index (Phi) is 6.30. The molecule has 0 aliphatic carbocycles. The number of aliphatic carboxylic acids is 1. The zero-order valence-electron chi connectivity index (χ0n) is 16.5. The monoisotopic (exact) mass is 425 g/mol. The van der Waals surface area contributed by atoms with Crippen molar-refractivity contribution in [2.75, 3.05) is 26.1 Å². The molecular weight excluding hydrogens is 402 g/mol. The second-order valence-electron chi connectivity index (χ2n) is 6.89. The van der Waals surface area contributed by atoms with Crippen LogP contribution in [0.2, 0.25) is 0 Å². The summed E-state index contributed by atoms with van der Waals surface area (Å²) < 4.78 is 17.1. The highest BCUT2D eigenvalue weighted by molar-refractivity contribution is 7.99. The smallest absolute Gasteiger partial charge is 0.321 e. The van der Waals surface area contributed by atoms with Crippen LogP contribution in [0.1, 0.15) is 10.9 Å². The van der Waals surface area contributed by atoms with E-state index in [1.54, 1.807) is 18.9 Å². The fourth-order valence-electron chi connectivity index (χ4n) is 3.34. The van der Waals surface area contributed by atoms with Crippen LogP contribution in [0.4, 0.5) is 0 Å². The fraction of sp³-hybridized carbons (Fsp3) is 0.261. The molecule has 3 aromatic carbocycles. The number of nitrogens with one attached hydrogen (secondary N) is 1. The van der Waals surface area contributed by atoms with Gasteiger partial charge in [-0.05, 0) is 40.6 Å². The van der Waals surface area contributed by atoms with Crippen LogP contribution in [-0.2, 0) is 4.79 Å². The van der Waals surface area contributed by atoms with E-state index in [-0.39, 0.29) is 5.37 Å². The van der Waals surface area contributed by atoms with Crippen molar-refractivity contribution in [3.8, 4) is 17.2 Å². The van der Waals surface area contributed by atoms with E-state index < -0.39 is 12.0 Å². The number of fused-ring (bicyclic) bond motifs is 1. The van der Waals surface area contributed by atoms with Gasteiger partial charge in [0, 0.05) is 5.75 Å². The van der Waals surface area contributed by atoms with Crippen molar-refractivity contribution < 1.29 is 24.1 Å². The third-order valence-electron chi connectivity index (χ3n) is 4.90. The minimum atomic E-state index is -0.833. The summed E-state index contributed by atoms with van der Waals surface area (Å²) in [7, 11) is 1.59. The lowest BCUT2D eigenvalue weighted by Crippen LogP contribution is -2.33. The molecule has 2 unspecified atom stereocenters. The minimum absolute atomic E-state index is 0.0896. The molecule has 1 fully saturated rings. The van der Waals surface area contributed by atoms with Crippen LogP contribution in [0, 0.1) is 0 Å². The quantitative estimate of drug-likeness (QED) is 0.526. The molecule has 0 aromatic heterocycles. The predicted octanol–water partition coefficient (Wildman–Crippen LogP) is 4.09. The van der Waals surface area contributed by atoms with Crippen molar-refractivity contribution in [1.82, 2.24) is 5.32 Å². The average Bonchev–Trinajstić information content (AvgIpc) is 3.27. The Balaban J connectivity index is 1.36. The summed E-state index contributed by atoms with van der Waals surface area (Å²) in [4.78, 5) is 11.2. The number of benzene rings is 3. The number of hydrogen-bond donors (Lipinski definition) is 2. The van der Waals surface area contributed by atoms with E-state index in [0.29, 0.717) is 30.5 Å². The lowest BCUT2D eigenvalue weighted by atomic mass is 10.1. The molecule has 0 amide bonds. The van der Waals surface area contributed by atoms with Crippen molar-refractivity contribution in [2.24, 2.45) is 0 Å². The number of ether oxygens (including phenoxy) is 3. The first-order valence-electron chi connectivity index (χ1n) is 9.67. The highest BCUT2D eigenvalue weighted by Gasteiger charge is 2.30. The lowest BCUT2D eigenvalue weighted by molar-refractivity contribution is -0.138. The summed E-state index contributed by atoms with van der Waals surface area (Å²) in [5, 5.41) is 14.5. The molecule has 2 atom stereocenters. The van der Waals surface area contributed by atoms with E-state index in [1.807, 2.05) is 48.5 Å². The molecule has 1 aliphatic heterocycles. The zero-order chi connectivity index (χ0) is 20.9. The number of thioether (sulfide) groups is 1. The first kappa shape index (κ1) is 20.4. The van der Waals surface area contributed by atoms with Crippen LogP contribution >= 0.6 is 11.8 Å². The van der Waals surface area contributed by atoms with Crippen LogP contribution < -0.4 is 19.5 Å². The summed E-state index contributed by atoms with van der Waals surface area (Å²) in [6, 6.07) is 19.3. The second kappa shape index (κ2) is 9.28. The SMILES string of the molecule is COc1ccc(C2NC(C(=O)O)CS2)cc1OCCOc1ccc2ccccc2c1. The normalized spacial score (nSPS) is 18.3. The molecule has 1 aliphatic rings. The van der Waals surface area contributed by atoms with E-state index >= 15 is 0 Å². The van der Waals surface area contributed by atoms with Gasteiger partial charge in [0.1, 0.15) is 25.0 Å². The molecule has 156 valence electrons. The predicted molar refractivity (Wildman–Crippen MR) is 118 cm³/mol. The van der Waals surface area contributed by atoms with Crippen LogP contribution in [0.25, 0.3) is 10.8 Å². The van der Waals surface area contributed by atoms with Gasteiger partial charge in [0.05, 0.1) is 12.5 Å². The summed E-state index contributed by atoms with van der Waals surface area (Å²) >= 11 is 1.57. The summed E-state index contributed by atoms with van der Waals surface area (Å²) in [5.74, 6) is 1.73. The van der Waals surface area contributed by atoms with Gasteiger partial charge in [-0.3, -0.25) is 10.1 Å². The van der Waals surface area contributed by atoms with Crippen LogP contribution in [-0.4, -0.2) is 43.2 Å². The molecule has 1 heterocycles. The van der Waals surface area contributed by atoms with E-state index in [2.05, 4.69) is 17.4 Å². The van der Waals surface area contributed by atoms with Gasteiger partial charge in [-0.2, -0.15) is 0 Å². The zero-order valence-corrected chi connectivity index (χ0v) is 17.4. The van der Waals surface area contributed by atoms with Gasteiger partial charge in [0.25, 0.3) is 0 Å². The van der Waals surface area contributed by atoms with E-state index in [9.17, 15) is 9.90 Å². The topological polar surface area (TPSA) is 77.0 Å². The van der Waals surface area contributed by atoms with Crippen molar-refractivity contribution in [2.45, 2.75) is 11.4 Å². The molecule has 30 heavy (non-hydrogen) atoms. The fourth-order valence-corrected chi connectivity index (χ4v) is 4.57. The average molecular weight is 426 g/mol. The summed E-state index contributed by atoms with van der Waals surface area (Å²) in [6.07, 6.45) is 0. The van der Waals surface area contributed by atoms with Crippen LogP contribution in [0.15, 0.2) is 60.7 Å². The Morgan fingerprint density at radius 1 is 1.03 bits per heavy atom. The number of rotatable bonds is 8. The number of hydrogen-bond acceptors (Lipinski definition) is 6. The van der Waals surface area contributed by atoms with Gasteiger partial charge in [-0.25, -0.2) is 0 Å².